The van der Waals surface area contributed by atoms with E-state index in [1.807, 2.05) is 159 Å². The van der Waals surface area contributed by atoms with Gasteiger partial charge >= 0.3 is 108 Å². The number of hydrogen-bond acceptors (Lipinski definition) is 21. The maximum atomic E-state index is 13.1. The van der Waals surface area contributed by atoms with Gasteiger partial charge in [-0.15, -0.1) is 12.8 Å². The van der Waals surface area contributed by atoms with E-state index in [9.17, 15) is 117 Å². The number of hydrogen-bond donors (Lipinski definition) is 9. The number of benzene rings is 6. The fourth-order valence-electron chi connectivity index (χ4n) is 17.4. The number of carboxylic acid groups (broad SMARTS) is 9. The van der Waals surface area contributed by atoms with Crippen molar-refractivity contribution in [2.75, 3.05) is 85.3 Å². The van der Waals surface area contributed by atoms with Gasteiger partial charge in [0, 0.05) is 142 Å². The number of aliphatic carboxylic acids is 9. The van der Waals surface area contributed by atoms with Gasteiger partial charge in [0.2, 0.25) is 0 Å². The van der Waals surface area contributed by atoms with Crippen LogP contribution >= 0.6 is 0 Å². The van der Waals surface area contributed by atoms with Crippen molar-refractivity contribution < 1.29 is 146 Å². The Bertz CT molecular complexity index is 5780. The van der Waals surface area contributed by atoms with E-state index in [0.29, 0.717) is 26.3 Å². The molecule has 6 aromatic carbocycles. The largest absolute Gasteiger partial charge is 0.481 e. The zero-order valence-electron chi connectivity index (χ0n) is 84.5. The first kappa shape index (κ1) is 119. The molecule has 0 unspecified atom stereocenters. The summed E-state index contributed by atoms with van der Waals surface area (Å²) in [7, 11) is 0. The number of carboxylic acids is 9. The predicted octanol–water partition coefficient (Wildman–Crippen LogP) is 9.93. The summed E-state index contributed by atoms with van der Waals surface area (Å²) < 4.78 is 14.7. The number of terminal acetylenes is 2. The third-order valence-electron chi connectivity index (χ3n) is 25.2. The van der Waals surface area contributed by atoms with Gasteiger partial charge in [0.05, 0.1) is 71.4 Å². The lowest BCUT2D eigenvalue weighted by atomic mass is 9.94. The molecule has 12 rings (SSSR count). The van der Waals surface area contributed by atoms with Crippen LogP contribution in [0.2, 0.25) is 0 Å². The van der Waals surface area contributed by atoms with Crippen molar-refractivity contribution in [1.82, 2.24) is 58.8 Å². The van der Waals surface area contributed by atoms with Gasteiger partial charge in [0.15, 0.2) is 0 Å². The normalized spacial score (nSPS) is 16.1. The monoisotopic (exact) mass is 2050 g/mol. The lowest BCUT2D eigenvalue weighted by molar-refractivity contribution is -0.144. The molecule has 42 nitrogen and oxygen atoms in total. The number of carbonyl (C=O) groups is 18. The molecule has 6 aliphatic heterocycles. The highest BCUT2D eigenvalue weighted by atomic mass is 16.5. The summed E-state index contributed by atoms with van der Waals surface area (Å²) in [4.78, 5) is 230. The molecule has 6 aromatic rings. The lowest BCUT2D eigenvalue weighted by Gasteiger charge is -2.39. The average molecular weight is 2050 g/mol. The van der Waals surface area contributed by atoms with Crippen LogP contribution in [0.15, 0.2) is 146 Å². The smallest absolute Gasteiger partial charge is 0.326 e. The number of nitrogens with zero attached hydrogens (tertiary/aromatic N) is 12. The summed E-state index contributed by atoms with van der Waals surface area (Å²) in [6.07, 6.45) is 11.7. The number of amides is 12. The number of urea groups is 6. The van der Waals surface area contributed by atoms with E-state index in [4.69, 9.17) is 42.4 Å². The molecule has 0 saturated heterocycles. The van der Waals surface area contributed by atoms with Gasteiger partial charge < -0.3 is 119 Å². The van der Waals surface area contributed by atoms with E-state index in [1.165, 1.54) is 58.8 Å². The maximum Gasteiger partial charge on any atom is 0.326 e. The van der Waals surface area contributed by atoms with Crippen molar-refractivity contribution in [2.45, 2.75) is 227 Å². The van der Waals surface area contributed by atoms with Crippen LogP contribution in [0.25, 0.3) is 0 Å². The highest BCUT2D eigenvalue weighted by Crippen LogP contribution is 2.33. The molecular weight excluding hydrogens is 1920 g/mol. The molecule has 0 aromatic heterocycles. The van der Waals surface area contributed by atoms with Gasteiger partial charge in [0.1, 0.15) is 36.3 Å². The first-order valence-corrected chi connectivity index (χ1v) is 48.6. The van der Waals surface area contributed by atoms with Crippen molar-refractivity contribution in [3.8, 4) is 24.7 Å². The zero-order valence-corrected chi connectivity index (χ0v) is 84.5. The van der Waals surface area contributed by atoms with Crippen LogP contribution in [0.5, 0.6) is 0 Å². The topological polar surface area (TPSA) is 556 Å². The molecule has 0 fully saturated rings. The Balaban J connectivity index is 0.000000240. The summed E-state index contributed by atoms with van der Waals surface area (Å²) in [5.41, 5.74) is 11.1. The minimum Gasteiger partial charge on any atom is -0.481 e. The fraction of sp³-hybridized carbons (Fsp3) is 0.453. The Hall–Kier alpha value is -16.3. The summed E-state index contributed by atoms with van der Waals surface area (Å²) in [6.45, 7) is 19.2. The molecule has 6 atom stereocenters. The number of rotatable bonds is 33. The van der Waals surface area contributed by atoms with Gasteiger partial charge in [-0.3, -0.25) is 28.8 Å². The second-order valence-corrected chi connectivity index (χ2v) is 35.5. The second kappa shape index (κ2) is 58.6. The van der Waals surface area contributed by atoms with Crippen LogP contribution < -0.4 is 0 Å². The highest BCUT2D eigenvalue weighted by Gasteiger charge is 2.44. The molecule has 0 saturated carbocycles. The average Bonchev–Trinajstić information content (AvgIpc) is 0.752. The number of esters is 3. The van der Waals surface area contributed by atoms with Crippen molar-refractivity contribution in [3.63, 3.8) is 0 Å². The van der Waals surface area contributed by atoms with E-state index in [0.717, 1.165) is 66.8 Å². The lowest BCUT2D eigenvalue weighted by Crippen LogP contribution is -2.55. The van der Waals surface area contributed by atoms with Gasteiger partial charge in [-0.1, -0.05) is 157 Å². The first-order valence-electron chi connectivity index (χ1n) is 48.6. The molecule has 148 heavy (non-hydrogen) atoms. The first-order chi connectivity index (χ1) is 70.5. The molecule has 9 N–H and O–H groups in total. The SMILES string of the molecule is C#CCN(CCC(=O)O)C(=O)N1Cc2ccccc2C[C@H]1C(=O)O.C#CCN(CCC(=O)OCC)C(=O)N1Cc2ccccc2C[C@H]1C(=O)O.CC(C)N(CCC(=O)O)C(=O)N1Cc2ccccc2C[C@H]1C(=O)O.CCN(CCC(=O)O)C(=O)N1Cc2ccccc2C[C@H]1C(=O)O.CCOC(=O)CCN(C(=O)N1Cc2ccccc2C[C@H]1C(=O)O)C(C)C.CCOC(=O)CCN(CC)C(=O)N1Cc2ccccc2C[C@H]1C(=O)O. The van der Waals surface area contributed by atoms with E-state index in [1.54, 1.807) is 48.5 Å². The molecule has 42 heteroatoms. The number of carbonyl (C=O) groups excluding carboxylic acids is 9. The van der Waals surface area contributed by atoms with Gasteiger partial charge in [-0.2, -0.15) is 0 Å². The number of ether oxygens (including phenoxy) is 3. The van der Waals surface area contributed by atoms with Crippen molar-refractivity contribution in [2.24, 2.45) is 0 Å². The highest BCUT2D eigenvalue weighted by molar-refractivity contribution is 5.89. The van der Waals surface area contributed by atoms with Crippen LogP contribution in [0.3, 0.4) is 0 Å². The Kier molecular flexibility index (Phi) is 47.0. The Morgan fingerprint density at radius 3 is 0.649 bits per heavy atom. The maximum absolute atomic E-state index is 13.1. The minimum absolute atomic E-state index is 0.00340. The molecule has 6 heterocycles. The predicted molar refractivity (Wildman–Crippen MR) is 535 cm³/mol. The second-order valence-electron chi connectivity index (χ2n) is 35.5. The van der Waals surface area contributed by atoms with E-state index < -0.39 is 120 Å². The summed E-state index contributed by atoms with van der Waals surface area (Å²) in [5, 5.41) is 83.6. The van der Waals surface area contributed by atoms with Crippen molar-refractivity contribution in [1.29, 1.82) is 0 Å². The van der Waals surface area contributed by atoms with Crippen LogP contribution in [0.1, 0.15) is 168 Å². The van der Waals surface area contributed by atoms with Crippen LogP contribution in [0.4, 0.5) is 28.8 Å². The zero-order chi connectivity index (χ0) is 109. The van der Waals surface area contributed by atoms with Crippen molar-refractivity contribution >= 4 is 108 Å². The summed E-state index contributed by atoms with van der Waals surface area (Å²) in [5.74, 6) is -5.84. The minimum atomic E-state index is -1.10. The van der Waals surface area contributed by atoms with Gasteiger partial charge in [-0.25, -0.2) is 57.5 Å². The fourth-order valence-corrected chi connectivity index (χ4v) is 17.4. The van der Waals surface area contributed by atoms with E-state index in [2.05, 4.69) is 11.8 Å². The standard InChI is InChI=1S/C19H26N2O5.C19H22N2O5.C18H24N2O5.C17H22N2O5.C17H18N2O5.C16H20N2O5/c1-4-26-17(22)9-10-20(13(2)3)19(25)21-12-15-8-6-5-7-14(15)11-16(21)18(23)24;1-3-10-20(11-9-17(22)26-4-2)19(25)21-13-15-8-6-5-7-14(15)12-16(21)18(23)24;1-3-19(10-9-16(21)25-4-2)18(24)20-12-14-8-6-5-7-13(14)11-15(20)17(22)23;1-11(2)18(8-7-15(20)21)17(24)19-10-13-6-4-3-5-12(13)9-14(19)16(22)23;1-2-8-18(9-7-15(20)21)17(24)19-11-13-6-4-3-5-12(13)10-14(19)16(22)23;1-2-17(8-7-14(19)20)16(23)18-10-12-6-4-3-5-11(12)9-13(18)15(21)22/h5-8,13,16H,4,9-12H2,1-3H3,(H,23,24);1,5-8,16H,4,9-13H2,2H3,(H,23,24);5-8,15H,3-4,9-12H2,1-2H3,(H,22,23);3-6,11,14H,7-10H2,1-2H3,(H,20,21)(H,22,23);1,3-6,14H,7-11H2,(H,20,21)(H,22,23);3-6,13H,2,7-10H2,1H3,(H,19,20)(H,21,22)/t2*16-;15-;2*14-;13-/m000000/s1. The summed E-state index contributed by atoms with van der Waals surface area (Å²) >= 11 is 0. The molecule has 12 amide bonds. The Morgan fingerprint density at radius 1 is 0.277 bits per heavy atom. The van der Waals surface area contributed by atoms with Crippen molar-refractivity contribution in [3.05, 3.63) is 212 Å². The Labute approximate surface area is 858 Å². The summed E-state index contributed by atoms with van der Waals surface area (Å²) in [6, 6.07) is 36.1. The third kappa shape index (κ3) is 34.2. The molecule has 0 radical (unpaired) electrons. The number of fused-ring (bicyclic) bond motifs is 6. The van der Waals surface area contributed by atoms with Crippen LogP contribution in [-0.2, 0) is 150 Å². The van der Waals surface area contributed by atoms with Gasteiger partial charge in [-0.05, 0) is 129 Å². The quantitative estimate of drug-likeness (QED) is 0.0105. The third-order valence-corrected chi connectivity index (χ3v) is 25.2. The molecule has 796 valence electrons. The van der Waals surface area contributed by atoms with Crippen LogP contribution in [0, 0.1) is 24.7 Å². The van der Waals surface area contributed by atoms with Gasteiger partial charge in [0.25, 0.3) is 0 Å². The molecular formula is C106H132N12O30. The molecule has 0 aliphatic carbocycles. The van der Waals surface area contributed by atoms with E-state index >= 15 is 0 Å². The molecule has 0 bridgehead atoms. The molecule has 0 spiro atoms. The molecule has 6 aliphatic rings. The Morgan fingerprint density at radius 2 is 0.453 bits per heavy atom. The van der Waals surface area contributed by atoms with Crippen LogP contribution in [-0.4, -0.2) is 346 Å². The van der Waals surface area contributed by atoms with E-state index in [-0.39, 0.29) is 211 Å².